The molecule has 0 bridgehead atoms. The normalized spacial score (nSPS) is 15.2. The van der Waals surface area contributed by atoms with Crippen LogP contribution in [0.25, 0.3) is 0 Å². The van der Waals surface area contributed by atoms with Crippen molar-refractivity contribution in [3.05, 3.63) is 57.3 Å². The van der Waals surface area contributed by atoms with E-state index >= 15 is 0 Å². The van der Waals surface area contributed by atoms with E-state index in [2.05, 4.69) is 63.9 Å². The van der Waals surface area contributed by atoms with Crippen LogP contribution < -0.4 is 4.90 Å². The van der Waals surface area contributed by atoms with E-state index in [-0.39, 0.29) is 11.9 Å². The molecule has 0 saturated carbocycles. The maximum atomic E-state index is 11.9. The summed E-state index contributed by atoms with van der Waals surface area (Å²) in [5.41, 5.74) is 2.38. The average molecular weight is 450 g/mol. The first-order valence-electron chi connectivity index (χ1n) is 8.78. The van der Waals surface area contributed by atoms with Crippen LogP contribution in [-0.4, -0.2) is 30.6 Å². The van der Waals surface area contributed by atoms with Crippen molar-refractivity contribution in [3.63, 3.8) is 0 Å². The summed E-state index contributed by atoms with van der Waals surface area (Å²) in [5, 5.41) is 0. The van der Waals surface area contributed by atoms with Gasteiger partial charge in [-0.1, -0.05) is 30.3 Å². The number of pyridine rings is 1. The third-order valence-electron chi connectivity index (χ3n) is 4.56. The van der Waals surface area contributed by atoms with Gasteiger partial charge in [0.15, 0.2) is 0 Å². The lowest BCUT2D eigenvalue weighted by Crippen LogP contribution is -2.37. The number of anilines is 1. The summed E-state index contributed by atoms with van der Waals surface area (Å²) in [4.78, 5) is 19.1. The number of benzene rings is 1. The molecule has 0 N–H and O–H groups in total. The standard InChI is InChI=1S/C20H23IN2O2/c1-2-25-20(24)16-10-12-23(13-11-16)19-9-8-17(21)18(22-19)14-15-6-4-3-5-7-15/h3-9,16H,2,10-14H2,1H3. The van der Waals surface area contributed by atoms with E-state index in [1.807, 2.05) is 13.0 Å². The number of hydrogen-bond donors (Lipinski definition) is 0. The molecule has 1 fully saturated rings. The van der Waals surface area contributed by atoms with Crippen molar-refractivity contribution < 1.29 is 9.53 Å². The summed E-state index contributed by atoms with van der Waals surface area (Å²) in [6.45, 7) is 4.01. The van der Waals surface area contributed by atoms with Crippen molar-refractivity contribution in [1.82, 2.24) is 4.98 Å². The van der Waals surface area contributed by atoms with Crippen LogP contribution in [0.5, 0.6) is 0 Å². The molecule has 4 nitrogen and oxygen atoms in total. The average Bonchev–Trinajstić information content (AvgIpc) is 2.65. The molecule has 1 aromatic carbocycles. The molecule has 2 aromatic rings. The lowest BCUT2D eigenvalue weighted by molar-refractivity contribution is -0.148. The first-order valence-corrected chi connectivity index (χ1v) is 9.86. The Bertz CT molecular complexity index is 713. The Morgan fingerprint density at radius 2 is 1.92 bits per heavy atom. The largest absolute Gasteiger partial charge is 0.466 e. The smallest absolute Gasteiger partial charge is 0.309 e. The molecular weight excluding hydrogens is 427 g/mol. The molecular formula is C20H23IN2O2. The minimum atomic E-state index is -0.0533. The Labute approximate surface area is 162 Å². The van der Waals surface area contributed by atoms with Gasteiger partial charge in [-0.05, 0) is 60.1 Å². The Hall–Kier alpha value is -1.63. The molecule has 1 aliphatic heterocycles. The highest BCUT2D eigenvalue weighted by molar-refractivity contribution is 14.1. The summed E-state index contributed by atoms with van der Waals surface area (Å²) in [5.74, 6) is 0.986. The Kier molecular flexibility index (Phi) is 6.29. The van der Waals surface area contributed by atoms with Gasteiger partial charge in [0.05, 0.1) is 18.2 Å². The third kappa shape index (κ3) is 4.71. The van der Waals surface area contributed by atoms with Crippen LogP contribution in [0.2, 0.25) is 0 Å². The van der Waals surface area contributed by atoms with E-state index in [9.17, 15) is 4.79 Å². The molecule has 132 valence electrons. The van der Waals surface area contributed by atoms with Crippen LogP contribution in [0.3, 0.4) is 0 Å². The number of carbonyl (C=O) groups excluding carboxylic acids is 1. The maximum absolute atomic E-state index is 11.9. The number of hydrogen-bond acceptors (Lipinski definition) is 4. The van der Waals surface area contributed by atoms with Gasteiger partial charge in [0.1, 0.15) is 5.82 Å². The SMILES string of the molecule is CCOC(=O)C1CCN(c2ccc(I)c(Cc3ccccc3)n2)CC1. The quantitative estimate of drug-likeness (QED) is 0.509. The zero-order valence-corrected chi connectivity index (χ0v) is 16.6. The molecule has 0 unspecified atom stereocenters. The molecule has 3 rings (SSSR count). The van der Waals surface area contributed by atoms with Gasteiger partial charge < -0.3 is 9.64 Å². The summed E-state index contributed by atoms with van der Waals surface area (Å²) < 4.78 is 6.34. The van der Waals surface area contributed by atoms with Crippen molar-refractivity contribution in [3.8, 4) is 0 Å². The first-order chi connectivity index (χ1) is 12.2. The summed E-state index contributed by atoms with van der Waals surface area (Å²) in [6.07, 6.45) is 2.51. The Balaban J connectivity index is 1.67. The highest BCUT2D eigenvalue weighted by Crippen LogP contribution is 2.25. The number of carbonyl (C=O) groups is 1. The zero-order chi connectivity index (χ0) is 17.6. The highest BCUT2D eigenvalue weighted by atomic mass is 127. The Morgan fingerprint density at radius 1 is 1.20 bits per heavy atom. The topological polar surface area (TPSA) is 42.4 Å². The van der Waals surface area contributed by atoms with Crippen LogP contribution >= 0.6 is 22.6 Å². The van der Waals surface area contributed by atoms with Gasteiger partial charge in [0, 0.05) is 23.1 Å². The van der Waals surface area contributed by atoms with E-state index < -0.39 is 0 Å². The fraction of sp³-hybridized carbons (Fsp3) is 0.400. The lowest BCUT2D eigenvalue weighted by atomic mass is 9.97. The van der Waals surface area contributed by atoms with Crippen molar-refractivity contribution in [2.24, 2.45) is 5.92 Å². The summed E-state index contributed by atoms with van der Waals surface area (Å²) >= 11 is 2.35. The second kappa shape index (κ2) is 8.65. The van der Waals surface area contributed by atoms with E-state index in [0.717, 1.165) is 43.9 Å². The van der Waals surface area contributed by atoms with Gasteiger partial charge in [-0.25, -0.2) is 4.98 Å². The zero-order valence-electron chi connectivity index (χ0n) is 14.5. The van der Waals surface area contributed by atoms with Gasteiger partial charge in [-0.3, -0.25) is 4.79 Å². The number of piperidine rings is 1. The first kappa shape index (κ1) is 18.2. The van der Waals surface area contributed by atoms with E-state index in [0.29, 0.717) is 6.61 Å². The van der Waals surface area contributed by atoms with Gasteiger partial charge in [-0.15, -0.1) is 0 Å². The monoisotopic (exact) mass is 450 g/mol. The third-order valence-corrected chi connectivity index (χ3v) is 5.54. The molecule has 2 heterocycles. The molecule has 5 heteroatoms. The van der Waals surface area contributed by atoms with Gasteiger partial charge in [0.2, 0.25) is 0 Å². The molecule has 0 amide bonds. The van der Waals surface area contributed by atoms with Crippen LogP contribution in [0.15, 0.2) is 42.5 Å². The van der Waals surface area contributed by atoms with Crippen LogP contribution in [-0.2, 0) is 16.0 Å². The minimum Gasteiger partial charge on any atom is -0.466 e. The van der Waals surface area contributed by atoms with Crippen molar-refractivity contribution >= 4 is 34.4 Å². The number of ether oxygens (including phenoxy) is 1. The van der Waals surface area contributed by atoms with Crippen molar-refractivity contribution in [2.75, 3.05) is 24.6 Å². The van der Waals surface area contributed by atoms with Crippen LogP contribution in [0, 0.1) is 9.49 Å². The molecule has 0 spiro atoms. The molecule has 1 aromatic heterocycles. The molecule has 1 aliphatic rings. The molecule has 1 saturated heterocycles. The van der Waals surface area contributed by atoms with E-state index in [4.69, 9.17) is 9.72 Å². The van der Waals surface area contributed by atoms with Crippen molar-refractivity contribution in [2.45, 2.75) is 26.2 Å². The molecule has 0 aliphatic carbocycles. The fourth-order valence-electron chi connectivity index (χ4n) is 3.17. The minimum absolute atomic E-state index is 0.0313. The fourth-order valence-corrected chi connectivity index (χ4v) is 3.66. The van der Waals surface area contributed by atoms with E-state index in [1.165, 1.54) is 9.13 Å². The maximum Gasteiger partial charge on any atom is 0.309 e. The van der Waals surface area contributed by atoms with Gasteiger partial charge in [-0.2, -0.15) is 0 Å². The molecule has 25 heavy (non-hydrogen) atoms. The summed E-state index contributed by atoms with van der Waals surface area (Å²) in [7, 11) is 0. The van der Waals surface area contributed by atoms with Crippen LogP contribution in [0.1, 0.15) is 31.0 Å². The number of aromatic nitrogens is 1. The molecule has 0 atom stereocenters. The Morgan fingerprint density at radius 3 is 2.60 bits per heavy atom. The van der Waals surface area contributed by atoms with Crippen LogP contribution in [0.4, 0.5) is 5.82 Å². The highest BCUT2D eigenvalue weighted by Gasteiger charge is 2.26. The number of esters is 1. The summed E-state index contributed by atoms with van der Waals surface area (Å²) in [6, 6.07) is 14.6. The number of nitrogens with zero attached hydrogens (tertiary/aromatic N) is 2. The number of halogens is 1. The number of rotatable bonds is 5. The predicted octanol–water partition coefficient (Wildman–Crippen LogP) is 4.06. The second-order valence-corrected chi connectivity index (χ2v) is 7.44. The van der Waals surface area contributed by atoms with Crippen molar-refractivity contribution in [1.29, 1.82) is 0 Å². The second-order valence-electron chi connectivity index (χ2n) is 6.27. The van der Waals surface area contributed by atoms with E-state index in [1.54, 1.807) is 0 Å². The predicted molar refractivity (Wildman–Crippen MR) is 108 cm³/mol. The van der Waals surface area contributed by atoms with Gasteiger partial charge >= 0.3 is 5.97 Å². The lowest BCUT2D eigenvalue weighted by Gasteiger charge is -2.32. The molecule has 0 radical (unpaired) electrons. The van der Waals surface area contributed by atoms with Gasteiger partial charge in [0.25, 0.3) is 0 Å².